The van der Waals surface area contributed by atoms with E-state index in [9.17, 15) is 18.0 Å². The minimum atomic E-state index is -3.89. The van der Waals surface area contributed by atoms with Crippen molar-refractivity contribution >= 4 is 21.9 Å². The number of rotatable bonds is 9. The van der Waals surface area contributed by atoms with Gasteiger partial charge in [-0.2, -0.15) is 4.72 Å². The maximum Gasteiger partial charge on any atom is 0.329 e. The first kappa shape index (κ1) is 23.9. The summed E-state index contributed by atoms with van der Waals surface area (Å²) in [5, 5.41) is 0. The molecule has 2 aromatic rings. The lowest BCUT2D eigenvalue weighted by molar-refractivity contribution is -0.155. The van der Waals surface area contributed by atoms with E-state index in [0.29, 0.717) is 25.8 Å². The van der Waals surface area contributed by atoms with Crippen LogP contribution in [-0.2, 0) is 31.0 Å². The van der Waals surface area contributed by atoms with Crippen LogP contribution in [0.15, 0.2) is 65.6 Å². The van der Waals surface area contributed by atoms with E-state index in [1.807, 2.05) is 44.2 Å². The first-order chi connectivity index (χ1) is 15.3. The van der Waals surface area contributed by atoms with Gasteiger partial charge < -0.3 is 9.64 Å². The molecule has 0 aliphatic carbocycles. The third-order valence-corrected chi connectivity index (χ3v) is 7.30. The molecule has 0 aromatic heterocycles. The van der Waals surface area contributed by atoms with Crippen molar-refractivity contribution in [3.8, 4) is 0 Å². The van der Waals surface area contributed by atoms with Crippen LogP contribution in [0.2, 0.25) is 0 Å². The fourth-order valence-electron chi connectivity index (χ4n) is 3.76. The summed E-state index contributed by atoms with van der Waals surface area (Å²) in [5.74, 6) is -1.10. The van der Waals surface area contributed by atoms with Gasteiger partial charge in [0.25, 0.3) is 0 Å². The highest BCUT2D eigenvalue weighted by Gasteiger charge is 2.40. The Hall–Kier alpha value is -2.71. The van der Waals surface area contributed by atoms with Crippen LogP contribution in [0.5, 0.6) is 0 Å². The number of nitrogens with zero attached hydrogens (tertiary/aromatic N) is 1. The van der Waals surface area contributed by atoms with Crippen molar-refractivity contribution in [3.63, 3.8) is 0 Å². The Labute approximate surface area is 189 Å². The molecule has 0 spiro atoms. The summed E-state index contributed by atoms with van der Waals surface area (Å²) < 4.78 is 33.8. The SMILES string of the molecule is CC[C@H](C)[C@H](NS(=O)(=O)c1ccccc1)C(=O)N1CCC[C@H]1C(=O)OCc1ccccc1. The van der Waals surface area contributed by atoms with Gasteiger partial charge in [-0.1, -0.05) is 68.8 Å². The number of ether oxygens (including phenoxy) is 1. The van der Waals surface area contributed by atoms with Gasteiger partial charge >= 0.3 is 5.97 Å². The summed E-state index contributed by atoms with van der Waals surface area (Å²) in [5.41, 5.74) is 0.866. The first-order valence-corrected chi connectivity index (χ1v) is 12.4. The van der Waals surface area contributed by atoms with Crippen LogP contribution >= 0.6 is 0 Å². The van der Waals surface area contributed by atoms with Crippen LogP contribution in [0.1, 0.15) is 38.7 Å². The number of esters is 1. The molecule has 3 atom stereocenters. The molecule has 1 N–H and O–H groups in total. The number of carbonyl (C=O) groups is 2. The lowest BCUT2D eigenvalue weighted by atomic mass is 9.98. The summed E-state index contributed by atoms with van der Waals surface area (Å²) in [6.45, 7) is 4.25. The van der Waals surface area contributed by atoms with Gasteiger partial charge in [-0.15, -0.1) is 0 Å². The largest absolute Gasteiger partial charge is 0.459 e. The van der Waals surface area contributed by atoms with Crippen LogP contribution in [-0.4, -0.2) is 43.8 Å². The number of benzene rings is 2. The van der Waals surface area contributed by atoms with Crippen molar-refractivity contribution in [3.05, 3.63) is 66.2 Å². The number of likely N-dealkylation sites (tertiary alicyclic amines) is 1. The van der Waals surface area contributed by atoms with E-state index < -0.39 is 34.0 Å². The van der Waals surface area contributed by atoms with Crippen LogP contribution < -0.4 is 4.72 Å². The van der Waals surface area contributed by atoms with Crippen molar-refractivity contribution in [2.75, 3.05) is 6.54 Å². The third kappa shape index (κ3) is 5.75. The number of amides is 1. The molecule has 0 radical (unpaired) electrons. The molecule has 0 saturated carbocycles. The topological polar surface area (TPSA) is 92.8 Å². The van der Waals surface area contributed by atoms with Crippen LogP contribution in [0.3, 0.4) is 0 Å². The Kier molecular flexibility index (Phi) is 8.04. The van der Waals surface area contributed by atoms with Gasteiger partial charge in [0.1, 0.15) is 18.7 Å². The second kappa shape index (κ2) is 10.7. The standard InChI is InChI=1S/C24H30N2O5S/c1-3-18(2)22(25-32(29,30)20-13-8-5-9-14-20)23(27)26-16-10-15-21(26)24(28)31-17-19-11-6-4-7-12-19/h4-9,11-14,18,21-22,25H,3,10,15-17H2,1-2H3/t18-,21-,22-/m0/s1. The molecule has 172 valence electrons. The summed E-state index contributed by atoms with van der Waals surface area (Å²) in [7, 11) is -3.89. The van der Waals surface area contributed by atoms with Crippen LogP contribution in [0, 0.1) is 5.92 Å². The quantitative estimate of drug-likeness (QED) is 0.583. The average Bonchev–Trinajstić information content (AvgIpc) is 3.31. The van der Waals surface area contributed by atoms with E-state index in [1.165, 1.54) is 17.0 Å². The Morgan fingerprint density at radius 1 is 1.09 bits per heavy atom. The molecule has 7 nitrogen and oxygen atoms in total. The summed E-state index contributed by atoms with van der Waals surface area (Å²) in [6, 6.07) is 15.6. The predicted octanol–water partition coefficient (Wildman–Crippen LogP) is 3.11. The fourth-order valence-corrected chi connectivity index (χ4v) is 5.08. The zero-order valence-electron chi connectivity index (χ0n) is 18.4. The van der Waals surface area contributed by atoms with Gasteiger partial charge in [0, 0.05) is 6.54 Å². The minimum Gasteiger partial charge on any atom is -0.459 e. The molecule has 8 heteroatoms. The van der Waals surface area contributed by atoms with Gasteiger partial charge in [-0.25, -0.2) is 13.2 Å². The van der Waals surface area contributed by atoms with E-state index >= 15 is 0 Å². The molecule has 0 bridgehead atoms. The Bertz CT molecular complexity index is 1010. The maximum absolute atomic E-state index is 13.4. The van der Waals surface area contributed by atoms with Crippen molar-refractivity contribution in [1.82, 2.24) is 9.62 Å². The van der Waals surface area contributed by atoms with E-state index in [2.05, 4.69) is 4.72 Å². The van der Waals surface area contributed by atoms with Gasteiger partial charge in [0.2, 0.25) is 15.9 Å². The number of carbonyl (C=O) groups excluding carboxylic acids is 2. The first-order valence-electron chi connectivity index (χ1n) is 10.9. The molecule has 2 aromatic carbocycles. The lowest BCUT2D eigenvalue weighted by Crippen LogP contribution is -2.54. The van der Waals surface area contributed by atoms with Crippen LogP contribution in [0.25, 0.3) is 0 Å². The number of nitrogens with one attached hydrogen (secondary N) is 1. The molecule has 3 rings (SSSR count). The molecule has 1 aliphatic rings. The van der Waals surface area contributed by atoms with E-state index in [4.69, 9.17) is 4.74 Å². The molecule has 1 saturated heterocycles. The highest BCUT2D eigenvalue weighted by molar-refractivity contribution is 7.89. The summed E-state index contributed by atoms with van der Waals surface area (Å²) in [4.78, 5) is 27.8. The molecular formula is C24H30N2O5S. The van der Waals surface area contributed by atoms with Crippen LogP contribution in [0.4, 0.5) is 0 Å². The average molecular weight is 459 g/mol. The van der Waals surface area contributed by atoms with Crippen molar-refractivity contribution in [2.24, 2.45) is 5.92 Å². The number of hydrogen-bond acceptors (Lipinski definition) is 5. The van der Waals surface area contributed by atoms with Gasteiger partial charge in [-0.05, 0) is 36.5 Å². The molecular weight excluding hydrogens is 428 g/mol. The fraction of sp³-hybridized carbons (Fsp3) is 0.417. The normalized spacial score (nSPS) is 18.2. The third-order valence-electron chi connectivity index (χ3n) is 5.85. The molecule has 1 aliphatic heterocycles. The summed E-state index contributed by atoms with van der Waals surface area (Å²) in [6.07, 6.45) is 1.76. The van der Waals surface area contributed by atoms with Crippen molar-refractivity contribution in [2.45, 2.75) is 56.7 Å². The smallest absolute Gasteiger partial charge is 0.329 e. The van der Waals surface area contributed by atoms with Gasteiger partial charge in [0.05, 0.1) is 4.90 Å². The Morgan fingerprint density at radius 3 is 2.34 bits per heavy atom. The zero-order valence-corrected chi connectivity index (χ0v) is 19.3. The molecule has 1 amide bonds. The van der Waals surface area contributed by atoms with Crippen molar-refractivity contribution < 1.29 is 22.7 Å². The number of sulfonamides is 1. The monoisotopic (exact) mass is 458 g/mol. The number of hydrogen-bond donors (Lipinski definition) is 1. The molecule has 1 heterocycles. The van der Waals surface area contributed by atoms with E-state index in [1.54, 1.807) is 18.2 Å². The second-order valence-electron chi connectivity index (χ2n) is 8.08. The van der Waals surface area contributed by atoms with Gasteiger partial charge in [0.15, 0.2) is 0 Å². The second-order valence-corrected chi connectivity index (χ2v) is 9.79. The van der Waals surface area contributed by atoms with E-state index in [-0.39, 0.29) is 17.4 Å². The predicted molar refractivity (Wildman–Crippen MR) is 121 cm³/mol. The van der Waals surface area contributed by atoms with Gasteiger partial charge in [-0.3, -0.25) is 4.79 Å². The Balaban J connectivity index is 1.74. The van der Waals surface area contributed by atoms with E-state index in [0.717, 1.165) is 5.56 Å². The zero-order chi connectivity index (χ0) is 23.1. The highest BCUT2D eigenvalue weighted by Crippen LogP contribution is 2.23. The highest BCUT2D eigenvalue weighted by atomic mass is 32.2. The maximum atomic E-state index is 13.4. The van der Waals surface area contributed by atoms with Crippen molar-refractivity contribution in [1.29, 1.82) is 0 Å². The molecule has 32 heavy (non-hydrogen) atoms. The summed E-state index contributed by atoms with van der Waals surface area (Å²) >= 11 is 0. The lowest BCUT2D eigenvalue weighted by Gasteiger charge is -2.30. The molecule has 1 fully saturated rings. The minimum absolute atomic E-state index is 0.0985. The molecule has 0 unspecified atom stereocenters. The Morgan fingerprint density at radius 2 is 1.72 bits per heavy atom.